The molecule has 7 heteroatoms. The zero-order chi connectivity index (χ0) is 15.4. The van der Waals surface area contributed by atoms with Gasteiger partial charge in [0.25, 0.3) is 0 Å². The van der Waals surface area contributed by atoms with Gasteiger partial charge in [0.1, 0.15) is 12.6 Å². The molecule has 114 valence electrons. The first-order valence-electron chi connectivity index (χ1n) is 6.78. The Bertz CT molecular complexity index is 397. The summed E-state index contributed by atoms with van der Waals surface area (Å²) >= 11 is 0. The predicted molar refractivity (Wildman–Crippen MR) is 73.2 cm³/mol. The van der Waals surface area contributed by atoms with E-state index in [-0.39, 0.29) is 24.4 Å². The normalized spacial score (nSPS) is 21.9. The molecule has 1 rings (SSSR count). The molecule has 0 aromatic heterocycles. The van der Waals surface area contributed by atoms with E-state index in [4.69, 9.17) is 0 Å². The van der Waals surface area contributed by atoms with Gasteiger partial charge in [-0.1, -0.05) is 6.92 Å². The summed E-state index contributed by atoms with van der Waals surface area (Å²) in [5.74, 6) is -1.33. The molecular formula is C13H23N3O4. The van der Waals surface area contributed by atoms with Crippen LogP contribution in [0.5, 0.6) is 0 Å². The van der Waals surface area contributed by atoms with Crippen LogP contribution < -0.4 is 5.32 Å². The molecule has 1 heterocycles. The molecule has 20 heavy (non-hydrogen) atoms. The summed E-state index contributed by atoms with van der Waals surface area (Å²) in [6, 6.07) is -1.22. The molecule has 2 N–H and O–H groups in total. The molecule has 1 aliphatic rings. The van der Waals surface area contributed by atoms with Crippen LogP contribution in [0.3, 0.4) is 0 Å². The molecule has 0 aromatic carbocycles. The summed E-state index contributed by atoms with van der Waals surface area (Å²) < 4.78 is 0. The van der Waals surface area contributed by atoms with Crippen molar-refractivity contribution in [3.63, 3.8) is 0 Å². The second-order valence-corrected chi connectivity index (χ2v) is 5.60. The molecular weight excluding hydrogens is 262 g/mol. The van der Waals surface area contributed by atoms with Crippen molar-refractivity contribution in [3.05, 3.63) is 0 Å². The minimum atomic E-state index is -0.997. The van der Waals surface area contributed by atoms with Gasteiger partial charge in [-0.3, -0.25) is 4.79 Å². The lowest BCUT2D eigenvalue weighted by atomic mass is 10.0. The van der Waals surface area contributed by atoms with Crippen LogP contribution in [0.1, 0.15) is 27.2 Å². The number of hydrogen-bond donors (Lipinski definition) is 2. The number of urea groups is 1. The number of nitrogens with one attached hydrogen (secondary N) is 1. The standard InChI is InChI=1S/C13H23N3O4/c1-8(2)14-10(17)7-15(4)13(20)16-6-5-9(3)11(16)12(18)19/h8-9,11H,5-7H2,1-4H3,(H,14,17)(H,18,19). The van der Waals surface area contributed by atoms with Gasteiger partial charge in [0.2, 0.25) is 5.91 Å². The van der Waals surface area contributed by atoms with Crippen molar-refractivity contribution in [3.8, 4) is 0 Å². The van der Waals surface area contributed by atoms with Crippen LogP contribution in [-0.4, -0.2) is 65.0 Å². The first kappa shape index (κ1) is 16.3. The quantitative estimate of drug-likeness (QED) is 0.780. The Morgan fingerprint density at radius 2 is 2.00 bits per heavy atom. The largest absolute Gasteiger partial charge is 0.480 e. The number of carboxylic acid groups (broad SMARTS) is 1. The number of aliphatic carboxylic acids is 1. The molecule has 1 saturated heterocycles. The summed E-state index contributed by atoms with van der Waals surface area (Å²) in [4.78, 5) is 37.7. The maximum atomic E-state index is 12.2. The molecule has 0 saturated carbocycles. The number of amides is 3. The monoisotopic (exact) mass is 285 g/mol. The number of likely N-dealkylation sites (N-methyl/N-ethyl adjacent to an activating group) is 1. The first-order chi connectivity index (χ1) is 9.23. The van der Waals surface area contributed by atoms with Crippen LogP contribution in [0, 0.1) is 5.92 Å². The van der Waals surface area contributed by atoms with Crippen LogP contribution in [0.15, 0.2) is 0 Å². The van der Waals surface area contributed by atoms with Gasteiger partial charge in [-0.15, -0.1) is 0 Å². The van der Waals surface area contributed by atoms with Crippen molar-refractivity contribution in [1.82, 2.24) is 15.1 Å². The zero-order valence-corrected chi connectivity index (χ0v) is 12.4. The van der Waals surface area contributed by atoms with E-state index in [9.17, 15) is 19.5 Å². The minimum Gasteiger partial charge on any atom is -0.480 e. The van der Waals surface area contributed by atoms with Gasteiger partial charge in [-0.25, -0.2) is 9.59 Å². The molecule has 0 radical (unpaired) electrons. The summed E-state index contributed by atoms with van der Waals surface area (Å²) in [7, 11) is 1.50. The van der Waals surface area contributed by atoms with Crippen LogP contribution in [0.4, 0.5) is 4.79 Å². The smallest absolute Gasteiger partial charge is 0.326 e. The number of carbonyl (C=O) groups excluding carboxylic acids is 2. The molecule has 0 aliphatic carbocycles. The van der Waals surface area contributed by atoms with Crippen molar-refractivity contribution in [2.45, 2.75) is 39.3 Å². The van der Waals surface area contributed by atoms with Crippen molar-refractivity contribution < 1.29 is 19.5 Å². The van der Waals surface area contributed by atoms with Crippen LogP contribution in [0.25, 0.3) is 0 Å². The molecule has 2 atom stereocenters. The fourth-order valence-electron chi connectivity index (χ4n) is 2.41. The SMILES string of the molecule is CC(C)NC(=O)CN(C)C(=O)N1CCC(C)C1C(=O)O. The second kappa shape index (κ2) is 6.58. The third-order valence-corrected chi connectivity index (χ3v) is 3.36. The Labute approximate surface area is 118 Å². The fourth-order valence-corrected chi connectivity index (χ4v) is 2.41. The van der Waals surface area contributed by atoms with Crippen LogP contribution in [0.2, 0.25) is 0 Å². The maximum absolute atomic E-state index is 12.2. The molecule has 0 bridgehead atoms. The molecule has 7 nitrogen and oxygen atoms in total. The number of likely N-dealkylation sites (tertiary alicyclic amines) is 1. The number of nitrogens with zero attached hydrogens (tertiary/aromatic N) is 2. The lowest BCUT2D eigenvalue weighted by Gasteiger charge is -2.28. The number of carboxylic acids is 1. The highest BCUT2D eigenvalue weighted by atomic mass is 16.4. The summed E-state index contributed by atoms with van der Waals surface area (Å²) in [6.07, 6.45) is 0.661. The van der Waals surface area contributed by atoms with Gasteiger partial charge in [-0.2, -0.15) is 0 Å². The van der Waals surface area contributed by atoms with E-state index in [1.54, 1.807) is 0 Å². The average Bonchev–Trinajstić information content (AvgIpc) is 2.68. The van der Waals surface area contributed by atoms with Gasteiger partial charge in [-0.05, 0) is 26.2 Å². The van der Waals surface area contributed by atoms with E-state index < -0.39 is 18.0 Å². The third-order valence-electron chi connectivity index (χ3n) is 3.36. The second-order valence-electron chi connectivity index (χ2n) is 5.60. The lowest BCUT2D eigenvalue weighted by molar-refractivity contribution is -0.142. The van der Waals surface area contributed by atoms with Gasteiger partial charge in [0.15, 0.2) is 0 Å². The lowest BCUT2D eigenvalue weighted by Crippen LogP contribution is -2.50. The molecule has 3 amide bonds. The van der Waals surface area contributed by atoms with Gasteiger partial charge < -0.3 is 20.2 Å². The van der Waals surface area contributed by atoms with E-state index in [2.05, 4.69) is 5.32 Å². The summed E-state index contributed by atoms with van der Waals surface area (Å²) in [5, 5.41) is 11.9. The molecule has 2 unspecified atom stereocenters. The van der Waals surface area contributed by atoms with E-state index in [0.717, 1.165) is 0 Å². The van der Waals surface area contributed by atoms with Gasteiger partial charge >= 0.3 is 12.0 Å². The van der Waals surface area contributed by atoms with E-state index >= 15 is 0 Å². The molecule has 1 aliphatic heterocycles. The van der Waals surface area contributed by atoms with Crippen LogP contribution in [-0.2, 0) is 9.59 Å². The van der Waals surface area contributed by atoms with E-state index in [1.807, 2.05) is 20.8 Å². The number of hydrogen-bond acceptors (Lipinski definition) is 3. The highest BCUT2D eigenvalue weighted by Crippen LogP contribution is 2.25. The topological polar surface area (TPSA) is 90.0 Å². The Balaban J connectivity index is 2.65. The summed E-state index contributed by atoms with van der Waals surface area (Å²) in [6.45, 7) is 5.82. The highest BCUT2D eigenvalue weighted by Gasteiger charge is 2.40. The Kier molecular flexibility index (Phi) is 5.35. The number of rotatable bonds is 4. The van der Waals surface area contributed by atoms with Crippen molar-refractivity contribution in [1.29, 1.82) is 0 Å². The number of carbonyl (C=O) groups is 3. The summed E-state index contributed by atoms with van der Waals surface area (Å²) in [5.41, 5.74) is 0. The van der Waals surface area contributed by atoms with Crippen molar-refractivity contribution in [2.75, 3.05) is 20.1 Å². The maximum Gasteiger partial charge on any atom is 0.326 e. The van der Waals surface area contributed by atoms with Gasteiger partial charge in [0, 0.05) is 19.6 Å². The average molecular weight is 285 g/mol. The van der Waals surface area contributed by atoms with Gasteiger partial charge in [0.05, 0.1) is 0 Å². The van der Waals surface area contributed by atoms with Crippen LogP contribution >= 0.6 is 0 Å². The molecule has 0 spiro atoms. The third kappa shape index (κ3) is 3.85. The minimum absolute atomic E-state index is 0.00424. The highest BCUT2D eigenvalue weighted by molar-refractivity contribution is 5.87. The first-order valence-corrected chi connectivity index (χ1v) is 6.78. The van der Waals surface area contributed by atoms with E-state index in [0.29, 0.717) is 13.0 Å². The molecule has 0 aromatic rings. The predicted octanol–water partition coefficient (Wildman–Crippen LogP) is 0.358. The van der Waals surface area contributed by atoms with E-state index in [1.165, 1.54) is 16.8 Å². The zero-order valence-electron chi connectivity index (χ0n) is 12.4. The molecule has 1 fully saturated rings. The van der Waals surface area contributed by atoms with Crippen molar-refractivity contribution in [2.24, 2.45) is 5.92 Å². The fraction of sp³-hybridized carbons (Fsp3) is 0.769. The Morgan fingerprint density at radius 1 is 1.40 bits per heavy atom. The van der Waals surface area contributed by atoms with Crippen molar-refractivity contribution >= 4 is 17.9 Å². The Morgan fingerprint density at radius 3 is 2.50 bits per heavy atom. The Hall–Kier alpha value is -1.79.